The molecule has 3 heterocycles. The Morgan fingerprint density at radius 1 is 1.33 bits per heavy atom. The number of amides is 1. The number of benzene rings is 1. The highest BCUT2D eigenvalue weighted by atomic mass is 16.2. The number of hydrogen-bond acceptors (Lipinski definition) is 3. The van der Waals surface area contributed by atoms with Crippen molar-refractivity contribution in [3.05, 3.63) is 47.5 Å². The minimum absolute atomic E-state index is 0.0708. The molecule has 1 aliphatic rings. The molecule has 6 nitrogen and oxygen atoms in total. The van der Waals surface area contributed by atoms with Crippen LogP contribution in [0.2, 0.25) is 0 Å². The lowest BCUT2D eigenvalue weighted by Crippen LogP contribution is -2.39. The maximum absolute atomic E-state index is 12.8. The van der Waals surface area contributed by atoms with E-state index in [9.17, 15) is 4.79 Å². The summed E-state index contributed by atoms with van der Waals surface area (Å²) in [6, 6.07) is 8.05. The Hall–Kier alpha value is -2.63. The number of H-pyrrole nitrogens is 1. The van der Waals surface area contributed by atoms with Gasteiger partial charge >= 0.3 is 0 Å². The van der Waals surface area contributed by atoms with Crippen LogP contribution in [-0.2, 0) is 7.05 Å². The van der Waals surface area contributed by atoms with Crippen LogP contribution in [0.5, 0.6) is 0 Å². The summed E-state index contributed by atoms with van der Waals surface area (Å²) >= 11 is 0. The lowest BCUT2D eigenvalue weighted by Gasteiger charge is -2.31. The second-order valence-electron chi connectivity index (χ2n) is 6.53. The first-order valence-electron chi connectivity index (χ1n) is 8.36. The number of nitrogens with zero attached hydrogens (tertiary/aromatic N) is 4. The summed E-state index contributed by atoms with van der Waals surface area (Å²) in [5.74, 6) is 1.31. The van der Waals surface area contributed by atoms with E-state index >= 15 is 0 Å². The third-order valence-electron chi connectivity index (χ3n) is 4.75. The van der Waals surface area contributed by atoms with E-state index in [-0.39, 0.29) is 11.8 Å². The van der Waals surface area contributed by atoms with Gasteiger partial charge < -0.3 is 9.88 Å². The third kappa shape index (κ3) is 2.58. The van der Waals surface area contributed by atoms with Gasteiger partial charge in [0.2, 0.25) is 0 Å². The molecule has 2 aromatic heterocycles. The van der Waals surface area contributed by atoms with Gasteiger partial charge in [-0.3, -0.25) is 9.48 Å². The fourth-order valence-electron chi connectivity index (χ4n) is 3.53. The van der Waals surface area contributed by atoms with Crippen molar-refractivity contribution >= 4 is 16.9 Å². The Morgan fingerprint density at radius 2 is 2.17 bits per heavy atom. The van der Waals surface area contributed by atoms with Crippen LogP contribution in [0.1, 0.15) is 40.6 Å². The van der Waals surface area contributed by atoms with Crippen molar-refractivity contribution in [2.45, 2.75) is 25.7 Å². The Bertz CT molecular complexity index is 861. The van der Waals surface area contributed by atoms with E-state index in [1.54, 1.807) is 4.68 Å². The monoisotopic (exact) mass is 323 g/mol. The van der Waals surface area contributed by atoms with Crippen molar-refractivity contribution in [2.24, 2.45) is 7.05 Å². The first kappa shape index (κ1) is 14.9. The van der Waals surface area contributed by atoms with Crippen LogP contribution in [-0.4, -0.2) is 43.6 Å². The maximum Gasteiger partial charge on any atom is 0.257 e. The van der Waals surface area contributed by atoms with Crippen LogP contribution < -0.4 is 0 Å². The molecule has 0 aliphatic carbocycles. The predicted molar refractivity (Wildman–Crippen MR) is 91.9 cm³/mol. The van der Waals surface area contributed by atoms with Crippen LogP contribution in [0.4, 0.5) is 0 Å². The molecule has 3 aromatic rings. The van der Waals surface area contributed by atoms with E-state index in [4.69, 9.17) is 4.98 Å². The summed E-state index contributed by atoms with van der Waals surface area (Å²) in [7, 11) is 1.84. The molecule has 1 fully saturated rings. The van der Waals surface area contributed by atoms with Crippen LogP contribution in [0.3, 0.4) is 0 Å². The van der Waals surface area contributed by atoms with Crippen LogP contribution in [0.25, 0.3) is 11.0 Å². The highest BCUT2D eigenvalue weighted by Gasteiger charge is 2.28. The summed E-state index contributed by atoms with van der Waals surface area (Å²) in [5.41, 5.74) is 3.52. The zero-order chi connectivity index (χ0) is 16.7. The fourth-order valence-corrected chi connectivity index (χ4v) is 3.53. The molecule has 1 aliphatic heterocycles. The van der Waals surface area contributed by atoms with Gasteiger partial charge in [0.1, 0.15) is 5.82 Å². The number of aromatic amines is 1. The van der Waals surface area contributed by atoms with E-state index in [2.05, 4.69) is 10.1 Å². The number of fused-ring (bicyclic) bond motifs is 1. The number of likely N-dealkylation sites (tertiary alicyclic amines) is 1. The second kappa shape index (κ2) is 5.78. The molecular formula is C18H21N5O. The highest BCUT2D eigenvalue weighted by Crippen LogP contribution is 2.27. The Kier molecular flexibility index (Phi) is 3.59. The SMILES string of the molecule is Cc1nn(C)cc1C(=O)N1CCCC(c2nc3ccccc3[nH]2)C1. The number of hydrogen-bond donors (Lipinski definition) is 1. The number of carbonyl (C=O) groups excluding carboxylic acids is 1. The number of imidazole rings is 1. The van der Waals surface area contributed by atoms with Crippen LogP contribution in [0.15, 0.2) is 30.5 Å². The number of aromatic nitrogens is 4. The zero-order valence-corrected chi connectivity index (χ0v) is 14.0. The lowest BCUT2D eigenvalue weighted by atomic mass is 9.97. The molecule has 0 radical (unpaired) electrons. The molecule has 1 saturated heterocycles. The second-order valence-corrected chi connectivity index (χ2v) is 6.53. The minimum Gasteiger partial charge on any atom is -0.342 e. The fraction of sp³-hybridized carbons (Fsp3) is 0.389. The van der Waals surface area contributed by atoms with E-state index in [1.807, 2.05) is 49.3 Å². The average Bonchev–Trinajstić information content (AvgIpc) is 3.17. The summed E-state index contributed by atoms with van der Waals surface area (Å²) in [5, 5.41) is 4.28. The molecule has 24 heavy (non-hydrogen) atoms. The molecule has 1 unspecified atom stereocenters. The van der Waals surface area contributed by atoms with Crippen LogP contribution in [0, 0.1) is 6.92 Å². The van der Waals surface area contributed by atoms with E-state index < -0.39 is 0 Å². The van der Waals surface area contributed by atoms with E-state index in [0.717, 1.165) is 41.9 Å². The molecule has 124 valence electrons. The van der Waals surface area contributed by atoms with E-state index in [0.29, 0.717) is 12.1 Å². The summed E-state index contributed by atoms with van der Waals surface area (Å²) in [6.07, 6.45) is 3.85. The van der Waals surface area contributed by atoms with Gasteiger partial charge in [-0.15, -0.1) is 0 Å². The van der Waals surface area contributed by atoms with Crippen molar-refractivity contribution < 1.29 is 4.79 Å². The normalized spacial score (nSPS) is 18.2. The zero-order valence-electron chi connectivity index (χ0n) is 14.0. The van der Waals surface area contributed by atoms with E-state index in [1.165, 1.54) is 0 Å². The van der Waals surface area contributed by atoms with Gasteiger partial charge in [-0.25, -0.2) is 4.98 Å². The number of rotatable bonds is 2. The van der Waals surface area contributed by atoms with Crippen molar-refractivity contribution in [2.75, 3.05) is 13.1 Å². The van der Waals surface area contributed by atoms with Crippen molar-refractivity contribution in [3.63, 3.8) is 0 Å². The maximum atomic E-state index is 12.8. The molecule has 0 bridgehead atoms. The number of para-hydroxylation sites is 2. The first-order chi connectivity index (χ1) is 11.6. The molecule has 0 spiro atoms. The minimum atomic E-state index is 0.0708. The van der Waals surface area contributed by atoms with Gasteiger partial charge in [0, 0.05) is 32.3 Å². The largest absolute Gasteiger partial charge is 0.342 e. The Balaban J connectivity index is 1.57. The topological polar surface area (TPSA) is 66.8 Å². The quantitative estimate of drug-likeness (QED) is 0.788. The van der Waals surface area contributed by atoms with Gasteiger partial charge in [0.05, 0.1) is 22.3 Å². The number of piperidine rings is 1. The van der Waals surface area contributed by atoms with Crippen molar-refractivity contribution in [3.8, 4) is 0 Å². The molecule has 0 saturated carbocycles. The summed E-state index contributed by atoms with van der Waals surface area (Å²) in [6.45, 7) is 3.38. The Labute approximate surface area is 140 Å². The standard InChI is InChI=1S/C18H21N5O/c1-12-14(11-22(2)21-12)18(24)23-9-5-6-13(10-23)17-19-15-7-3-4-8-16(15)20-17/h3-4,7-8,11,13H,5-6,9-10H2,1-2H3,(H,19,20). The van der Waals surface area contributed by atoms with Crippen molar-refractivity contribution in [1.82, 2.24) is 24.6 Å². The molecule has 4 rings (SSSR count). The van der Waals surface area contributed by atoms with Crippen molar-refractivity contribution in [1.29, 1.82) is 0 Å². The van der Waals surface area contributed by atoms with Gasteiger partial charge in [-0.1, -0.05) is 12.1 Å². The predicted octanol–water partition coefficient (Wildman–Crippen LogP) is 2.62. The number of carbonyl (C=O) groups is 1. The smallest absolute Gasteiger partial charge is 0.257 e. The van der Waals surface area contributed by atoms with Gasteiger partial charge in [0.15, 0.2) is 0 Å². The average molecular weight is 323 g/mol. The van der Waals surface area contributed by atoms with Gasteiger partial charge in [-0.05, 0) is 31.9 Å². The molecule has 1 aromatic carbocycles. The lowest BCUT2D eigenvalue weighted by molar-refractivity contribution is 0.0704. The van der Waals surface area contributed by atoms with Gasteiger partial charge in [-0.2, -0.15) is 5.10 Å². The molecule has 6 heteroatoms. The molecule has 1 atom stereocenters. The number of aryl methyl sites for hydroxylation is 2. The highest BCUT2D eigenvalue weighted by molar-refractivity contribution is 5.95. The first-order valence-corrected chi connectivity index (χ1v) is 8.36. The molecule has 1 amide bonds. The van der Waals surface area contributed by atoms with Gasteiger partial charge in [0.25, 0.3) is 5.91 Å². The third-order valence-corrected chi connectivity index (χ3v) is 4.75. The number of nitrogens with one attached hydrogen (secondary N) is 1. The summed E-state index contributed by atoms with van der Waals surface area (Å²) < 4.78 is 1.70. The Morgan fingerprint density at radius 3 is 2.92 bits per heavy atom. The summed E-state index contributed by atoms with van der Waals surface area (Å²) in [4.78, 5) is 22.9. The molecular weight excluding hydrogens is 302 g/mol. The van der Waals surface area contributed by atoms with Crippen LogP contribution >= 0.6 is 0 Å². The molecule has 1 N–H and O–H groups in total.